The van der Waals surface area contributed by atoms with Crippen LogP contribution < -0.4 is 5.32 Å². The summed E-state index contributed by atoms with van der Waals surface area (Å²) in [4.78, 5) is 12.6. The molecule has 0 radical (unpaired) electrons. The number of benzene rings is 2. The van der Waals surface area contributed by atoms with E-state index in [9.17, 15) is 9.90 Å². The third-order valence-electron chi connectivity index (χ3n) is 4.76. The first-order valence-electron chi connectivity index (χ1n) is 7.58. The number of aliphatic hydroxyl groups is 1. The highest BCUT2D eigenvalue weighted by molar-refractivity contribution is 5.91. The van der Waals surface area contributed by atoms with Gasteiger partial charge in [0.2, 0.25) is 5.91 Å². The first kappa shape index (κ1) is 14.1. The third-order valence-corrected chi connectivity index (χ3v) is 4.76. The molecule has 1 amide bonds. The van der Waals surface area contributed by atoms with E-state index in [1.807, 2.05) is 30.3 Å². The molecule has 2 aromatic rings. The van der Waals surface area contributed by atoms with Gasteiger partial charge in [0.05, 0.1) is 11.5 Å². The summed E-state index contributed by atoms with van der Waals surface area (Å²) in [5, 5.41) is 15.6. The van der Waals surface area contributed by atoms with Crippen molar-refractivity contribution < 1.29 is 9.90 Å². The largest absolute Gasteiger partial charge is 0.392 e. The minimum atomic E-state index is -0.809. The second-order valence-corrected chi connectivity index (χ2v) is 5.87. The number of fused-ring (bicyclic) bond motifs is 1. The number of rotatable bonds is 2. The van der Waals surface area contributed by atoms with Gasteiger partial charge in [0.25, 0.3) is 0 Å². The average Bonchev–Trinajstić information content (AvgIpc) is 2.54. The predicted molar refractivity (Wildman–Crippen MR) is 84.2 cm³/mol. The first-order valence-corrected chi connectivity index (χ1v) is 7.58. The van der Waals surface area contributed by atoms with Gasteiger partial charge in [0.15, 0.2) is 0 Å². The Balaban J connectivity index is 2.16. The highest BCUT2D eigenvalue weighted by Gasteiger charge is 2.47. The average molecular weight is 283 g/mol. The minimum absolute atomic E-state index is 0.0787. The molecule has 1 fully saturated rings. The lowest BCUT2D eigenvalue weighted by Crippen LogP contribution is -2.53. The summed E-state index contributed by atoms with van der Waals surface area (Å²) in [7, 11) is 1.65. The standard InChI is InChI=1S/C18H21NO2/c1-19-17(21)18(11-5-4-8-16(18)20)15-10-9-13-6-2-3-7-14(13)12-15/h2-3,6-7,9-10,12,16,20H,4-5,8,11H2,1H3,(H,19,21)/t16-,18-/m1/s1. The van der Waals surface area contributed by atoms with E-state index < -0.39 is 11.5 Å². The molecule has 0 heterocycles. The zero-order valence-electron chi connectivity index (χ0n) is 12.3. The van der Waals surface area contributed by atoms with Crippen molar-refractivity contribution in [1.82, 2.24) is 5.32 Å². The third kappa shape index (κ3) is 2.22. The zero-order chi connectivity index (χ0) is 14.9. The lowest BCUT2D eigenvalue weighted by molar-refractivity contribution is -0.132. The maximum absolute atomic E-state index is 12.6. The molecule has 21 heavy (non-hydrogen) atoms. The number of hydrogen-bond donors (Lipinski definition) is 2. The molecule has 3 rings (SSSR count). The van der Waals surface area contributed by atoms with E-state index in [0.717, 1.165) is 29.2 Å². The van der Waals surface area contributed by atoms with Crippen LogP contribution in [-0.2, 0) is 10.2 Å². The van der Waals surface area contributed by atoms with Crippen molar-refractivity contribution in [3.63, 3.8) is 0 Å². The second kappa shape index (κ2) is 5.49. The van der Waals surface area contributed by atoms with E-state index in [1.54, 1.807) is 7.05 Å². The topological polar surface area (TPSA) is 49.3 Å². The molecule has 0 bridgehead atoms. The maximum Gasteiger partial charge on any atom is 0.233 e. The summed E-state index contributed by atoms with van der Waals surface area (Å²) in [5.74, 6) is -0.0787. The van der Waals surface area contributed by atoms with Gasteiger partial charge in [-0.3, -0.25) is 4.79 Å². The first-order chi connectivity index (χ1) is 10.2. The molecule has 0 aromatic heterocycles. The molecule has 3 heteroatoms. The Morgan fingerprint density at radius 1 is 1.19 bits per heavy atom. The van der Waals surface area contributed by atoms with E-state index in [-0.39, 0.29) is 5.91 Å². The zero-order valence-corrected chi connectivity index (χ0v) is 12.3. The molecule has 0 saturated heterocycles. The van der Waals surface area contributed by atoms with Gasteiger partial charge in [-0.25, -0.2) is 0 Å². The summed E-state index contributed by atoms with van der Waals surface area (Å²) in [6.45, 7) is 0. The smallest absolute Gasteiger partial charge is 0.233 e. The number of carbonyl (C=O) groups excluding carboxylic acids is 1. The fourth-order valence-corrected chi connectivity index (χ4v) is 3.58. The van der Waals surface area contributed by atoms with E-state index in [1.165, 1.54) is 0 Å². The molecule has 0 unspecified atom stereocenters. The lowest BCUT2D eigenvalue weighted by Gasteiger charge is -2.40. The Labute approximate surface area is 125 Å². The fraction of sp³-hybridized carbons (Fsp3) is 0.389. The maximum atomic E-state index is 12.6. The normalized spacial score (nSPS) is 25.7. The Hall–Kier alpha value is -1.87. The van der Waals surface area contributed by atoms with Gasteiger partial charge in [-0.05, 0) is 35.2 Å². The fourth-order valence-electron chi connectivity index (χ4n) is 3.58. The number of aliphatic hydroxyl groups excluding tert-OH is 1. The summed E-state index contributed by atoms with van der Waals surface area (Å²) in [6, 6.07) is 14.2. The van der Waals surface area contributed by atoms with Gasteiger partial charge in [0, 0.05) is 7.05 Å². The van der Waals surface area contributed by atoms with Gasteiger partial charge in [-0.15, -0.1) is 0 Å². The van der Waals surface area contributed by atoms with Crippen LogP contribution in [0.25, 0.3) is 10.8 Å². The molecule has 110 valence electrons. The van der Waals surface area contributed by atoms with Crippen molar-refractivity contribution in [2.45, 2.75) is 37.2 Å². The summed E-state index contributed by atoms with van der Waals surface area (Å²) >= 11 is 0. The van der Waals surface area contributed by atoms with Crippen molar-refractivity contribution in [2.75, 3.05) is 7.05 Å². The van der Waals surface area contributed by atoms with Gasteiger partial charge in [-0.1, -0.05) is 49.2 Å². The Bertz CT molecular complexity index is 667. The van der Waals surface area contributed by atoms with Crippen LogP contribution in [0.3, 0.4) is 0 Å². The van der Waals surface area contributed by atoms with E-state index >= 15 is 0 Å². The summed E-state index contributed by atoms with van der Waals surface area (Å²) in [5.41, 5.74) is 0.115. The Kier molecular flexibility index (Phi) is 3.68. The minimum Gasteiger partial charge on any atom is -0.392 e. The highest BCUT2D eigenvalue weighted by atomic mass is 16.3. The van der Waals surface area contributed by atoms with Crippen molar-refractivity contribution in [3.8, 4) is 0 Å². The lowest BCUT2D eigenvalue weighted by atomic mass is 9.66. The van der Waals surface area contributed by atoms with Gasteiger partial charge < -0.3 is 10.4 Å². The monoisotopic (exact) mass is 283 g/mol. The van der Waals surface area contributed by atoms with Gasteiger partial charge >= 0.3 is 0 Å². The van der Waals surface area contributed by atoms with Crippen LogP contribution in [0.4, 0.5) is 0 Å². The van der Waals surface area contributed by atoms with E-state index in [2.05, 4.69) is 17.4 Å². The van der Waals surface area contributed by atoms with Crippen LogP contribution in [0.15, 0.2) is 42.5 Å². The van der Waals surface area contributed by atoms with E-state index in [4.69, 9.17) is 0 Å². The van der Waals surface area contributed by atoms with Crippen LogP contribution >= 0.6 is 0 Å². The molecule has 1 aliphatic rings. The summed E-state index contributed by atoms with van der Waals surface area (Å²) < 4.78 is 0. The number of hydrogen-bond acceptors (Lipinski definition) is 2. The molecule has 3 nitrogen and oxygen atoms in total. The highest BCUT2D eigenvalue weighted by Crippen LogP contribution is 2.40. The van der Waals surface area contributed by atoms with Crippen LogP contribution in [0.1, 0.15) is 31.2 Å². The van der Waals surface area contributed by atoms with Crippen molar-refractivity contribution in [3.05, 3.63) is 48.0 Å². The molecule has 0 aliphatic heterocycles. The Morgan fingerprint density at radius 2 is 1.95 bits per heavy atom. The van der Waals surface area contributed by atoms with Crippen molar-refractivity contribution in [1.29, 1.82) is 0 Å². The molecule has 2 N–H and O–H groups in total. The number of nitrogens with one attached hydrogen (secondary N) is 1. The quantitative estimate of drug-likeness (QED) is 0.890. The molecule has 1 aliphatic carbocycles. The molecular formula is C18H21NO2. The SMILES string of the molecule is CNC(=O)[C@@]1(c2ccc3ccccc3c2)CCCC[C@H]1O. The Morgan fingerprint density at radius 3 is 2.67 bits per heavy atom. The van der Waals surface area contributed by atoms with Crippen molar-refractivity contribution >= 4 is 16.7 Å². The van der Waals surface area contributed by atoms with Crippen LogP contribution in [0.2, 0.25) is 0 Å². The number of carbonyl (C=O) groups is 1. The molecule has 2 atom stereocenters. The summed E-state index contributed by atoms with van der Waals surface area (Å²) in [6.07, 6.45) is 2.71. The molecule has 2 aromatic carbocycles. The molecular weight excluding hydrogens is 262 g/mol. The van der Waals surface area contributed by atoms with E-state index in [0.29, 0.717) is 12.8 Å². The van der Waals surface area contributed by atoms with Crippen molar-refractivity contribution in [2.24, 2.45) is 0 Å². The van der Waals surface area contributed by atoms with Gasteiger partial charge in [0.1, 0.15) is 0 Å². The molecule has 1 saturated carbocycles. The predicted octanol–water partition coefficient (Wildman–Crippen LogP) is 2.76. The number of amides is 1. The molecule has 0 spiro atoms. The number of likely N-dealkylation sites (N-methyl/N-ethyl adjacent to an activating group) is 1. The van der Waals surface area contributed by atoms with Crippen LogP contribution in [0.5, 0.6) is 0 Å². The van der Waals surface area contributed by atoms with Crippen LogP contribution in [0, 0.1) is 0 Å². The van der Waals surface area contributed by atoms with Gasteiger partial charge in [-0.2, -0.15) is 0 Å². The van der Waals surface area contributed by atoms with Crippen LogP contribution in [-0.4, -0.2) is 24.2 Å². The second-order valence-electron chi connectivity index (χ2n) is 5.87.